The van der Waals surface area contributed by atoms with Crippen molar-refractivity contribution >= 4 is 45.4 Å². The van der Waals surface area contributed by atoms with Gasteiger partial charge in [0, 0.05) is 6.08 Å². The molecule has 0 saturated heterocycles. The van der Waals surface area contributed by atoms with Gasteiger partial charge < -0.3 is 9.15 Å². The van der Waals surface area contributed by atoms with E-state index in [1.807, 2.05) is 26.8 Å². The monoisotopic (exact) mass is 426 g/mol. The number of ether oxygens (including phenoxy) is 1. The molecule has 0 atom stereocenters. The molecule has 0 saturated carbocycles. The summed E-state index contributed by atoms with van der Waals surface area (Å²) in [6.45, 7) is 7.77. The van der Waals surface area contributed by atoms with Crippen molar-refractivity contribution in [3.05, 3.63) is 62.5 Å². The average molecular weight is 426 g/mol. The van der Waals surface area contributed by atoms with Crippen LogP contribution in [0.3, 0.4) is 0 Å². The van der Waals surface area contributed by atoms with E-state index in [0.717, 1.165) is 16.9 Å². The number of nitrogens with zero attached hydrogens (tertiary/aromatic N) is 1. The molecule has 156 valence electrons. The van der Waals surface area contributed by atoms with Crippen LogP contribution >= 0.6 is 11.3 Å². The molecular formula is C22H22N2O5S. The summed E-state index contributed by atoms with van der Waals surface area (Å²) in [5, 5.41) is 3.33. The van der Waals surface area contributed by atoms with E-state index in [2.05, 4.69) is 10.3 Å². The van der Waals surface area contributed by atoms with Crippen LogP contribution in [0.25, 0.3) is 17.0 Å². The van der Waals surface area contributed by atoms with E-state index in [1.54, 1.807) is 19.1 Å². The number of carbonyl (C=O) groups is 2. The Bertz CT molecular complexity index is 1190. The molecule has 0 spiro atoms. The van der Waals surface area contributed by atoms with Gasteiger partial charge in [0.2, 0.25) is 5.91 Å². The summed E-state index contributed by atoms with van der Waals surface area (Å²) < 4.78 is 10.7. The highest BCUT2D eigenvalue weighted by atomic mass is 32.1. The Morgan fingerprint density at radius 1 is 1.30 bits per heavy atom. The van der Waals surface area contributed by atoms with Gasteiger partial charge in [0.15, 0.2) is 10.6 Å². The first-order valence-corrected chi connectivity index (χ1v) is 10.2. The Balaban J connectivity index is 1.72. The SMILES string of the molecule is Cc1ccc2occ(/C=C/C(=O)Nc3nc(C)c(C(=O)OCC(C)C)s3)c(=O)c2c1. The predicted octanol–water partition coefficient (Wildman–Crippen LogP) is 4.33. The fourth-order valence-electron chi connectivity index (χ4n) is 2.63. The normalized spacial score (nSPS) is 11.4. The number of fused-ring (bicyclic) bond motifs is 1. The highest BCUT2D eigenvalue weighted by Gasteiger charge is 2.18. The lowest BCUT2D eigenvalue weighted by Crippen LogP contribution is -2.09. The zero-order chi connectivity index (χ0) is 21.8. The van der Waals surface area contributed by atoms with E-state index in [9.17, 15) is 14.4 Å². The number of benzene rings is 1. The number of thiazole rings is 1. The van der Waals surface area contributed by atoms with Crippen LogP contribution in [-0.2, 0) is 9.53 Å². The predicted molar refractivity (Wildman–Crippen MR) is 117 cm³/mol. The number of anilines is 1. The highest BCUT2D eigenvalue weighted by Crippen LogP contribution is 2.23. The summed E-state index contributed by atoms with van der Waals surface area (Å²) in [6, 6.07) is 5.34. The number of hydrogen-bond acceptors (Lipinski definition) is 7. The molecule has 2 heterocycles. The van der Waals surface area contributed by atoms with E-state index in [1.165, 1.54) is 18.4 Å². The molecule has 30 heavy (non-hydrogen) atoms. The second-order valence-corrected chi connectivity index (χ2v) is 8.27. The van der Waals surface area contributed by atoms with Gasteiger partial charge in [0.1, 0.15) is 16.7 Å². The van der Waals surface area contributed by atoms with Crippen molar-refractivity contribution in [2.75, 3.05) is 11.9 Å². The van der Waals surface area contributed by atoms with Gasteiger partial charge in [-0.25, -0.2) is 9.78 Å². The van der Waals surface area contributed by atoms with Crippen LogP contribution in [-0.4, -0.2) is 23.5 Å². The van der Waals surface area contributed by atoms with Crippen LogP contribution in [0.15, 0.2) is 39.7 Å². The van der Waals surface area contributed by atoms with E-state index in [4.69, 9.17) is 9.15 Å². The maximum atomic E-state index is 12.6. The van der Waals surface area contributed by atoms with Gasteiger partial charge >= 0.3 is 5.97 Å². The van der Waals surface area contributed by atoms with Gasteiger partial charge in [-0.15, -0.1) is 0 Å². The maximum absolute atomic E-state index is 12.6. The van der Waals surface area contributed by atoms with Crippen LogP contribution in [0.4, 0.5) is 5.13 Å². The van der Waals surface area contributed by atoms with E-state index in [0.29, 0.717) is 28.1 Å². The van der Waals surface area contributed by atoms with Crippen LogP contribution in [0.2, 0.25) is 0 Å². The number of amides is 1. The van der Waals surface area contributed by atoms with Crippen LogP contribution < -0.4 is 10.7 Å². The number of aromatic nitrogens is 1. The third-order valence-electron chi connectivity index (χ3n) is 4.13. The molecule has 0 bridgehead atoms. The standard InChI is InChI=1S/C22H22N2O5S/c1-12(2)10-29-21(27)20-14(4)23-22(30-20)24-18(25)8-6-15-11-28-17-7-5-13(3)9-16(17)19(15)26/h5-9,11-12H,10H2,1-4H3,(H,23,24,25)/b8-6+. The summed E-state index contributed by atoms with van der Waals surface area (Å²) in [5.41, 5.74) is 1.96. The summed E-state index contributed by atoms with van der Waals surface area (Å²) in [6.07, 6.45) is 3.93. The van der Waals surface area contributed by atoms with Gasteiger partial charge in [-0.2, -0.15) is 0 Å². The molecule has 0 aliphatic rings. The van der Waals surface area contributed by atoms with Crippen LogP contribution in [0, 0.1) is 19.8 Å². The molecule has 0 aliphatic carbocycles. The first kappa shape index (κ1) is 21.4. The summed E-state index contributed by atoms with van der Waals surface area (Å²) in [4.78, 5) is 41.5. The van der Waals surface area contributed by atoms with Crippen molar-refractivity contribution in [1.82, 2.24) is 4.98 Å². The molecule has 0 aliphatic heterocycles. The molecule has 0 radical (unpaired) electrons. The van der Waals surface area contributed by atoms with Crippen molar-refractivity contribution in [2.45, 2.75) is 27.7 Å². The molecule has 1 N–H and O–H groups in total. The maximum Gasteiger partial charge on any atom is 0.350 e. The number of carbonyl (C=O) groups excluding carboxylic acids is 2. The van der Waals surface area contributed by atoms with Crippen molar-refractivity contribution in [1.29, 1.82) is 0 Å². The van der Waals surface area contributed by atoms with E-state index in [-0.39, 0.29) is 22.0 Å². The fraction of sp³-hybridized carbons (Fsp3) is 0.273. The van der Waals surface area contributed by atoms with Gasteiger partial charge in [-0.3, -0.25) is 14.9 Å². The van der Waals surface area contributed by atoms with Crippen LogP contribution in [0.1, 0.15) is 40.3 Å². The Hall–Kier alpha value is -3.26. The largest absolute Gasteiger partial charge is 0.463 e. The molecule has 3 rings (SSSR count). The molecule has 3 aromatic rings. The second-order valence-electron chi connectivity index (χ2n) is 7.27. The van der Waals surface area contributed by atoms with E-state index >= 15 is 0 Å². The number of aryl methyl sites for hydroxylation is 2. The molecule has 1 aromatic carbocycles. The van der Waals surface area contributed by atoms with Crippen molar-refractivity contribution in [2.24, 2.45) is 5.92 Å². The third-order valence-corrected chi connectivity index (χ3v) is 5.18. The Kier molecular flexibility index (Phi) is 6.47. The number of nitrogens with one attached hydrogen (secondary N) is 1. The van der Waals surface area contributed by atoms with Crippen molar-refractivity contribution in [3.63, 3.8) is 0 Å². The second kappa shape index (κ2) is 9.04. The van der Waals surface area contributed by atoms with Gasteiger partial charge in [0.25, 0.3) is 0 Å². The molecule has 2 aromatic heterocycles. The average Bonchev–Trinajstić information content (AvgIpc) is 3.06. The minimum Gasteiger partial charge on any atom is -0.463 e. The third kappa shape index (κ3) is 5.01. The summed E-state index contributed by atoms with van der Waals surface area (Å²) in [7, 11) is 0. The molecule has 0 unspecified atom stereocenters. The molecular weight excluding hydrogens is 404 g/mol. The van der Waals surface area contributed by atoms with Gasteiger partial charge in [0.05, 0.1) is 23.3 Å². The number of esters is 1. The first-order valence-electron chi connectivity index (χ1n) is 9.40. The Morgan fingerprint density at radius 2 is 2.07 bits per heavy atom. The Morgan fingerprint density at radius 3 is 2.80 bits per heavy atom. The summed E-state index contributed by atoms with van der Waals surface area (Å²) >= 11 is 1.04. The number of rotatable bonds is 6. The smallest absolute Gasteiger partial charge is 0.350 e. The quantitative estimate of drug-likeness (QED) is 0.465. The van der Waals surface area contributed by atoms with Gasteiger partial charge in [-0.1, -0.05) is 36.8 Å². The molecule has 0 fully saturated rings. The lowest BCUT2D eigenvalue weighted by atomic mass is 10.1. The van der Waals surface area contributed by atoms with Crippen molar-refractivity contribution < 1.29 is 18.7 Å². The van der Waals surface area contributed by atoms with Crippen LogP contribution in [0.5, 0.6) is 0 Å². The van der Waals surface area contributed by atoms with E-state index < -0.39 is 11.9 Å². The molecule has 1 amide bonds. The Labute approximate surface area is 177 Å². The molecule has 8 heteroatoms. The topological polar surface area (TPSA) is 98.5 Å². The molecule has 7 nitrogen and oxygen atoms in total. The van der Waals surface area contributed by atoms with Gasteiger partial charge in [-0.05, 0) is 38.0 Å². The zero-order valence-electron chi connectivity index (χ0n) is 17.1. The number of hydrogen-bond donors (Lipinski definition) is 1. The minimum absolute atomic E-state index is 0.218. The van der Waals surface area contributed by atoms with Crippen molar-refractivity contribution in [3.8, 4) is 0 Å². The lowest BCUT2D eigenvalue weighted by molar-refractivity contribution is -0.111. The first-order chi connectivity index (χ1) is 14.2. The lowest BCUT2D eigenvalue weighted by Gasteiger charge is -2.05. The fourth-order valence-corrected chi connectivity index (χ4v) is 3.50. The summed E-state index contributed by atoms with van der Waals surface area (Å²) in [5.74, 6) is -0.712. The minimum atomic E-state index is -0.477. The highest BCUT2D eigenvalue weighted by molar-refractivity contribution is 7.17. The zero-order valence-corrected chi connectivity index (χ0v) is 18.0.